The quantitative estimate of drug-likeness (QED) is 0.641. The first-order chi connectivity index (χ1) is 6.79. The lowest BCUT2D eigenvalue weighted by molar-refractivity contribution is 0.0199. The predicted octanol–water partition coefficient (Wildman–Crippen LogP) is 1.54. The molecular formula is C10H18N2O2S. The molecule has 0 saturated carbocycles. The van der Waals surface area contributed by atoms with Crippen molar-refractivity contribution in [3.63, 3.8) is 0 Å². The van der Waals surface area contributed by atoms with Crippen LogP contribution < -0.4 is 5.32 Å². The Morgan fingerprint density at radius 1 is 1.60 bits per heavy atom. The van der Waals surface area contributed by atoms with Gasteiger partial charge in [0.2, 0.25) is 0 Å². The average molecular weight is 230 g/mol. The van der Waals surface area contributed by atoms with Gasteiger partial charge in [-0.1, -0.05) is 12.2 Å². The van der Waals surface area contributed by atoms with Gasteiger partial charge in [-0.3, -0.25) is 4.90 Å². The van der Waals surface area contributed by atoms with E-state index in [0.29, 0.717) is 18.1 Å². The fraction of sp³-hybridized carbons (Fsp3) is 0.800. The number of hydrogen-bond donors (Lipinski definition) is 1. The van der Waals surface area contributed by atoms with Gasteiger partial charge in [-0.25, -0.2) is 4.79 Å². The van der Waals surface area contributed by atoms with Gasteiger partial charge in [0.25, 0.3) is 0 Å². The first-order valence-electron chi connectivity index (χ1n) is 5.06. The van der Waals surface area contributed by atoms with Gasteiger partial charge >= 0.3 is 6.09 Å². The van der Waals surface area contributed by atoms with E-state index in [9.17, 15) is 4.79 Å². The molecule has 1 rings (SSSR count). The first kappa shape index (κ1) is 12.2. The number of carbonyl (C=O) groups excluding carboxylic acids is 1. The van der Waals surface area contributed by atoms with E-state index in [2.05, 4.69) is 5.32 Å². The highest BCUT2D eigenvalue weighted by Gasteiger charge is 2.29. The van der Waals surface area contributed by atoms with Crippen LogP contribution in [-0.4, -0.2) is 40.7 Å². The summed E-state index contributed by atoms with van der Waals surface area (Å²) in [7, 11) is 0. The van der Waals surface area contributed by atoms with E-state index in [1.807, 2.05) is 27.7 Å². The van der Waals surface area contributed by atoms with E-state index in [1.165, 1.54) is 0 Å². The average Bonchev–Trinajstić information content (AvgIpc) is 2.06. The van der Waals surface area contributed by atoms with Crippen LogP contribution in [0.3, 0.4) is 0 Å². The van der Waals surface area contributed by atoms with Crippen LogP contribution in [0.25, 0.3) is 0 Å². The van der Waals surface area contributed by atoms with Crippen LogP contribution in [0, 0.1) is 0 Å². The predicted molar refractivity (Wildman–Crippen MR) is 63.0 cm³/mol. The highest BCUT2D eigenvalue weighted by Crippen LogP contribution is 2.13. The summed E-state index contributed by atoms with van der Waals surface area (Å²) in [6.07, 6.45) is -0.293. The molecule has 0 bridgehead atoms. The maximum Gasteiger partial charge on any atom is 0.410 e. The van der Waals surface area contributed by atoms with Crippen molar-refractivity contribution in [2.75, 3.05) is 13.1 Å². The van der Waals surface area contributed by atoms with Crippen molar-refractivity contribution < 1.29 is 9.53 Å². The monoisotopic (exact) mass is 230 g/mol. The number of ether oxygens (including phenoxy) is 1. The van der Waals surface area contributed by atoms with Crippen LogP contribution in [0.5, 0.6) is 0 Å². The van der Waals surface area contributed by atoms with Gasteiger partial charge in [0, 0.05) is 12.6 Å². The van der Waals surface area contributed by atoms with Crippen molar-refractivity contribution in [1.29, 1.82) is 0 Å². The number of thiocarbonyl (C=S) groups is 1. The smallest absolute Gasteiger partial charge is 0.410 e. The van der Waals surface area contributed by atoms with E-state index < -0.39 is 5.60 Å². The second kappa shape index (κ2) is 4.35. The van der Waals surface area contributed by atoms with Crippen molar-refractivity contribution >= 4 is 23.3 Å². The van der Waals surface area contributed by atoms with Crippen molar-refractivity contribution in [3.8, 4) is 0 Å². The van der Waals surface area contributed by atoms with E-state index >= 15 is 0 Å². The van der Waals surface area contributed by atoms with Gasteiger partial charge in [-0.05, 0) is 27.7 Å². The molecule has 86 valence electrons. The maximum atomic E-state index is 11.8. The minimum absolute atomic E-state index is 0.117. The molecule has 0 radical (unpaired) electrons. The van der Waals surface area contributed by atoms with E-state index in [0.717, 1.165) is 0 Å². The minimum Gasteiger partial charge on any atom is -0.444 e. The summed E-state index contributed by atoms with van der Waals surface area (Å²) in [5.41, 5.74) is -0.455. The summed E-state index contributed by atoms with van der Waals surface area (Å²) in [6, 6.07) is 0.117. The Kier molecular flexibility index (Phi) is 3.54. The van der Waals surface area contributed by atoms with Gasteiger partial charge in [-0.15, -0.1) is 0 Å². The molecule has 1 aliphatic heterocycles. The molecule has 0 aliphatic carbocycles. The largest absolute Gasteiger partial charge is 0.444 e. The molecule has 1 aliphatic rings. The number of carbonyl (C=O) groups is 1. The topological polar surface area (TPSA) is 41.6 Å². The third-order valence-corrected chi connectivity index (χ3v) is 2.34. The molecule has 0 aromatic rings. The number of piperazine rings is 1. The lowest BCUT2D eigenvalue weighted by atomic mass is 10.2. The first-order valence-corrected chi connectivity index (χ1v) is 5.47. The highest BCUT2D eigenvalue weighted by atomic mass is 32.1. The Bertz CT molecular complexity index is 273. The molecule has 0 aromatic heterocycles. The molecule has 0 spiro atoms. The molecular weight excluding hydrogens is 212 g/mol. The van der Waals surface area contributed by atoms with E-state index in [4.69, 9.17) is 17.0 Å². The third kappa shape index (κ3) is 3.66. The zero-order valence-corrected chi connectivity index (χ0v) is 10.5. The minimum atomic E-state index is -0.455. The number of hydrogen-bond acceptors (Lipinski definition) is 3. The van der Waals surface area contributed by atoms with E-state index in [1.54, 1.807) is 4.90 Å². The third-order valence-electron chi connectivity index (χ3n) is 2.07. The molecule has 5 heteroatoms. The zero-order chi connectivity index (χ0) is 11.6. The van der Waals surface area contributed by atoms with Gasteiger partial charge in [0.1, 0.15) is 5.60 Å². The van der Waals surface area contributed by atoms with Crippen LogP contribution >= 0.6 is 12.2 Å². The summed E-state index contributed by atoms with van der Waals surface area (Å²) in [6.45, 7) is 8.68. The number of amides is 1. The van der Waals surface area contributed by atoms with E-state index in [-0.39, 0.29) is 12.1 Å². The Morgan fingerprint density at radius 3 is 2.73 bits per heavy atom. The summed E-state index contributed by atoms with van der Waals surface area (Å²) in [5.74, 6) is 0. The fourth-order valence-electron chi connectivity index (χ4n) is 1.30. The van der Waals surface area contributed by atoms with Gasteiger partial charge in [0.15, 0.2) is 0 Å². The molecule has 1 heterocycles. The number of nitrogens with one attached hydrogen (secondary N) is 1. The Morgan fingerprint density at radius 2 is 2.20 bits per heavy atom. The molecule has 1 atom stereocenters. The molecule has 1 unspecified atom stereocenters. The summed E-state index contributed by atoms with van der Waals surface area (Å²) < 4.78 is 5.30. The molecule has 1 fully saturated rings. The van der Waals surface area contributed by atoms with Crippen molar-refractivity contribution in [1.82, 2.24) is 10.2 Å². The highest BCUT2D eigenvalue weighted by molar-refractivity contribution is 7.80. The Balaban J connectivity index is 2.61. The van der Waals surface area contributed by atoms with Gasteiger partial charge in [-0.2, -0.15) is 0 Å². The Hall–Kier alpha value is -0.840. The van der Waals surface area contributed by atoms with Crippen molar-refractivity contribution in [3.05, 3.63) is 0 Å². The standard InChI is InChI=1S/C10H18N2O2S/c1-7-5-11-8(15)6-12(7)9(13)14-10(2,3)4/h7H,5-6H2,1-4H3,(H,11,15). The summed E-state index contributed by atoms with van der Waals surface area (Å²) in [5, 5.41) is 3.06. The SMILES string of the molecule is CC1CNC(=S)CN1C(=O)OC(C)(C)C. The summed E-state index contributed by atoms with van der Waals surface area (Å²) in [4.78, 5) is 14.1. The summed E-state index contributed by atoms with van der Waals surface area (Å²) >= 11 is 5.04. The van der Waals surface area contributed by atoms with Crippen molar-refractivity contribution in [2.45, 2.75) is 39.3 Å². The zero-order valence-electron chi connectivity index (χ0n) is 9.66. The van der Waals surface area contributed by atoms with Gasteiger partial charge in [0.05, 0.1) is 11.5 Å². The molecule has 1 amide bonds. The van der Waals surface area contributed by atoms with Crippen LogP contribution in [-0.2, 0) is 4.74 Å². The number of rotatable bonds is 0. The molecule has 0 aromatic carbocycles. The van der Waals surface area contributed by atoms with Crippen LogP contribution in [0.4, 0.5) is 4.79 Å². The van der Waals surface area contributed by atoms with Gasteiger partial charge < -0.3 is 10.1 Å². The van der Waals surface area contributed by atoms with Crippen molar-refractivity contribution in [2.24, 2.45) is 0 Å². The number of nitrogens with zero attached hydrogens (tertiary/aromatic N) is 1. The normalized spacial score (nSPS) is 22.3. The molecule has 15 heavy (non-hydrogen) atoms. The lowest BCUT2D eigenvalue weighted by Gasteiger charge is -2.35. The molecule has 1 N–H and O–H groups in total. The molecule has 1 saturated heterocycles. The van der Waals surface area contributed by atoms with Crippen LogP contribution in [0.15, 0.2) is 0 Å². The lowest BCUT2D eigenvalue weighted by Crippen LogP contribution is -2.55. The van der Waals surface area contributed by atoms with Crippen LogP contribution in [0.1, 0.15) is 27.7 Å². The maximum absolute atomic E-state index is 11.8. The second-order valence-electron chi connectivity index (χ2n) is 4.76. The fourth-order valence-corrected chi connectivity index (χ4v) is 1.53. The molecule has 4 nitrogen and oxygen atoms in total. The Labute approximate surface area is 96.0 Å². The van der Waals surface area contributed by atoms with Crippen LogP contribution in [0.2, 0.25) is 0 Å². The second-order valence-corrected chi connectivity index (χ2v) is 5.25.